The number of aryl methyl sites for hydroxylation is 2. The Bertz CT molecular complexity index is 1550. The van der Waals surface area contributed by atoms with Crippen molar-refractivity contribution in [2.75, 3.05) is 4.90 Å². The molecule has 194 valence electrons. The van der Waals surface area contributed by atoms with Crippen LogP contribution in [0, 0.1) is 13.8 Å². The number of para-hydroxylation sites is 1. The van der Waals surface area contributed by atoms with E-state index in [1.165, 1.54) is 38.9 Å². The molecule has 1 heteroatoms. The first-order valence-electron chi connectivity index (χ1n) is 13.9. The van der Waals surface area contributed by atoms with Crippen LogP contribution >= 0.6 is 0 Å². The lowest BCUT2D eigenvalue weighted by molar-refractivity contribution is 0.975. The summed E-state index contributed by atoms with van der Waals surface area (Å²) in [5, 5.41) is 0. The van der Waals surface area contributed by atoms with Crippen LogP contribution in [0.1, 0.15) is 33.7 Å². The van der Waals surface area contributed by atoms with E-state index in [1.54, 1.807) is 0 Å². The minimum atomic E-state index is 0.200. The molecule has 0 aliphatic rings. The Morgan fingerprint density at radius 1 is 0.375 bits per heavy atom. The molecule has 1 atom stereocenters. The predicted octanol–water partition coefficient (Wildman–Crippen LogP) is 10.6. The van der Waals surface area contributed by atoms with Crippen LogP contribution in [0.15, 0.2) is 158 Å². The highest BCUT2D eigenvalue weighted by Gasteiger charge is 2.17. The minimum absolute atomic E-state index is 0.200. The molecule has 0 N–H and O–H groups in total. The summed E-state index contributed by atoms with van der Waals surface area (Å²) >= 11 is 0. The zero-order valence-corrected chi connectivity index (χ0v) is 23.0. The highest BCUT2D eigenvalue weighted by Crippen LogP contribution is 2.37. The molecule has 0 bridgehead atoms. The van der Waals surface area contributed by atoms with Crippen molar-refractivity contribution in [1.82, 2.24) is 0 Å². The Morgan fingerprint density at radius 3 is 1.48 bits per heavy atom. The molecule has 0 heterocycles. The topological polar surface area (TPSA) is 3.24 Å². The first kappa shape index (κ1) is 25.4. The van der Waals surface area contributed by atoms with Gasteiger partial charge < -0.3 is 4.90 Å². The summed E-state index contributed by atoms with van der Waals surface area (Å²) < 4.78 is 0. The van der Waals surface area contributed by atoms with Gasteiger partial charge in [0.05, 0.1) is 0 Å². The van der Waals surface area contributed by atoms with Gasteiger partial charge in [0.2, 0.25) is 0 Å². The van der Waals surface area contributed by atoms with E-state index in [0.717, 1.165) is 17.1 Å². The first-order chi connectivity index (χ1) is 19.7. The van der Waals surface area contributed by atoms with E-state index in [1.807, 2.05) is 0 Å². The van der Waals surface area contributed by atoms with Gasteiger partial charge in [0, 0.05) is 23.0 Å². The van der Waals surface area contributed by atoms with Gasteiger partial charge in [-0.15, -0.1) is 0 Å². The standard InChI is InChI=1S/C39H33N/c1-29-11-9-15-35(27-29)39(33-13-5-3-6-14-33)34-21-19-31(20-22-34)32-23-25-37(26-24-32)40(36-16-7-4-8-17-36)38-18-10-12-30(2)28-38/h3-28,39H,1-2H3. The van der Waals surface area contributed by atoms with E-state index in [0.29, 0.717) is 0 Å². The Kier molecular flexibility index (Phi) is 7.28. The van der Waals surface area contributed by atoms with Gasteiger partial charge >= 0.3 is 0 Å². The van der Waals surface area contributed by atoms with Crippen molar-refractivity contribution < 1.29 is 0 Å². The van der Waals surface area contributed by atoms with Gasteiger partial charge in [0.25, 0.3) is 0 Å². The van der Waals surface area contributed by atoms with Gasteiger partial charge in [-0.3, -0.25) is 0 Å². The normalized spacial score (nSPS) is 11.7. The molecule has 0 amide bonds. The molecular weight excluding hydrogens is 482 g/mol. The fraction of sp³-hybridized carbons (Fsp3) is 0.0769. The van der Waals surface area contributed by atoms with Crippen LogP contribution in [-0.2, 0) is 0 Å². The second-order valence-electron chi connectivity index (χ2n) is 10.4. The van der Waals surface area contributed by atoms with Gasteiger partial charge in [-0.05, 0) is 83.6 Å². The minimum Gasteiger partial charge on any atom is -0.310 e. The molecule has 0 saturated carbocycles. The Balaban J connectivity index is 1.32. The SMILES string of the molecule is Cc1cccc(C(c2ccccc2)c2ccc(-c3ccc(N(c4ccccc4)c4cccc(C)c4)cc3)cc2)c1. The molecule has 6 aromatic rings. The Hall–Kier alpha value is -4.88. The van der Waals surface area contributed by atoms with Crippen LogP contribution in [0.5, 0.6) is 0 Å². The fourth-order valence-corrected chi connectivity index (χ4v) is 5.53. The number of hydrogen-bond acceptors (Lipinski definition) is 1. The maximum Gasteiger partial charge on any atom is 0.0464 e. The molecule has 0 saturated heterocycles. The van der Waals surface area contributed by atoms with Gasteiger partial charge in [-0.25, -0.2) is 0 Å². The first-order valence-corrected chi connectivity index (χ1v) is 13.9. The lowest BCUT2D eigenvalue weighted by Crippen LogP contribution is -2.09. The molecule has 0 aromatic heterocycles. The van der Waals surface area contributed by atoms with E-state index in [4.69, 9.17) is 0 Å². The summed E-state index contributed by atoms with van der Waals surface area (Å²) in [6.07, 6.45) is 0. The van der Waals surface area contributed by atoms with Gasteiger partial charge in [0.15, 0.2) is 0 Å². The second kappa shape index (κ2) is 11.5. The molecule has 0 aliphatic heterocycles. The number of rotatable bonds is 7. The Labute approximate surface area is 238 Å². The van der Waals surface area contributed by atoms with Crippen LogP contribution in [-0.4, -0.2) is 0 Å². The number of benzene rings is 6. The molecule has 6 rings (SSSR count). The van der Waals surface area contributed by atoms with Gasteiger partial charge in [-0.1, -0.05) is 127 Å². The van der Waals surface area contributed by atoms with Crippen LogP contribution in [0.4, 0.5) is 17.1 Å². The maximum absolute atomic E-state index is 2.31. The molecule has 0 aliphatic carbocycles. The van der Waals surface area contributed by atoms with Crippen LogP contribution in [0.3, 0.4) is 0 Å². The number of nitrogens with zero attached hydrogens (tertiary/aromatic N) is 1. The molecule has 1 nitrogen and oxygen atoms in total. The highest BCUT2D eigenvalue weighted by molar-refractivity contribution is 5.78. The summed E-state index contributed by atoms with van der Waals surface area (Å²) in [6, 6.07) is 56.9. The van der Waals surface area contributed by atoms with Crippen molar-refractivity contribution >= 4 is 17.1 Å². The van der Waals surface area contributed by atoms with Crippen LogP contribution < -0.4 is 4.90 Å². The summed E-state index contributed by atoms with van der Waals surface area (Å²) in [7, 11) is 0. The van der Waals surface area contributed by atoms with Crippen LogP contribution in [0.2, 0.25) is 0 Å². The third-order valence-electron chi connectivity index (χ3n) is 7.49. The summed E-state index contributed by atoms with van der Waals surface area (Å²) in [4.78, 5) is 2.31. The molecule has 0 radical (unpaired) electrons. The summed E-state index contributed by atoms with van der Waals surface area (Å²) in [6.45, 7) is 4.30. The number of anilines is 3. The van der Waals surface area contributed by atoms with Crippen molar-refractivity contribution in [3.05, 3.63) is 186 Å². The quantitative estimate of drug-likeness (QED) is 0.191. The monoisotopic (exact) mass is 515 g/mol. The van der Waals surface area contributed by atoms with Crippen molar-refractivity contribution in [3.8, 4) is 11.1 Å². The van der Waals surface area contributed by atoms with Crippen molar-refractivity contribution in [3.63, 3.8) is 0 Å². The molecule has 0 spiro atoms. The van der Waals surface area contributed by atoms with Crippen molar-refractivity contribution in [1.29, 1.82) is 0 Å². The van der Waals surface area contributed by atoms with Crippen molar-refractivity contribution in [2.45, 2.75) is 19.8 Å². The molecular formula is C39H33N. The summed E-state index contributed by atoms with van der Waals surface area (Å²) in [5.74, 6) is 0.200. The fourth-order valence-electron chi connectivity index (χ4n) is 5.53. The molecule has 40 heavy (non-hydrogen) atoms. The lowest BCUT2D eigenvalue weighted by Gasteiger charge is -2.26. The average Bonchev–Trinajstić information content (AvgIpc) is 3.00. The number of hydrogen-bond donors (Lipinski definition) is 0. The third-order valence-corrected chi connectivity index (χ3v) is 7.49. The smallest absolute Gasteiger partial charge is 0.0464 e. The lowest BCUT2D eigenvalue weighted by atomic mass is 9.84. The predicted molar refractivity (Wildman–Crippen MR) is 170 cm³/mol. The maximum atomic E-state index is 2.31. The van der Waals surface area contributed by atoms with Crippen LogP contribution in [0.25, 0.3) is 11.1 Å². The van der Waals surface area contributed by atoms with Gasteiger partial charge in [-0.2, -0.15) is 0 Å². The molecule has 6 aromatic carbocycles. The molecule has 1 unspecified atom stereocenters. The van der Waals surface area contributed by atoms with E-state index in [-0.39, 0.29) is 5.92 Å². The van der Waals surface area contributed by atoms with E-state index < -0.39 is 0 Å². The average molecular weight is 516 g/mol. The third kappa shape index (κ3) is 5.46. The summed E-state index contributed by atoms with van der Waals surface area (Å²) in [5.41, 5.74) is 12.3. The van der Waals surface area contributed by atoms with E-state index in [9.17, 15) is 0 Å². The van der Waals surface area contributed by atoms with E-state index >= 15 is 0 Å². The van der Waals surface area contributed by atoms with Crippen molar-refractivity contribution in [2.24, 2.45) is 0 Å². The zero-order chi connectivity index (χ0) is 27.3. The van der Waals surface area contributed by atoms with E-state index in [2.05, 4.69) is 176 Å². The zero-order valence-electron chi connectivity index (χ0n) is 23.0. The highest BCUT2D eigenvalue weighted by atomic mass is 15.1. The molecule has 0 fully saturated rings. The van der Waals surface area contributed by atoms with Gasteiger partial charge in [0.1, 0.15) is 0 Å². The Morgan fingerprint density at radius 2 is 0.850 bits per heavy atom. The second-order valence-corrected chi connectivity index (χ2v) is 10.4. The largest absolute Gasteiger partial charge is 0.310 e.